The van der Waals surface area contributed by atoms with Gasteiger partial charge in [-0.15, -0.1) is 0 Å². The Morgan fingerprint density at radius 3 is 2.69 bits per heavy atom. The van der Waals surface area contributed by atoms with Gasteiger partial charge in [0.25, 0.3) is 0 Å². The first-order valence-electron chi connectivity index (χ1n) is 3.37. The van der Waals surface area contributed by atoms with Gasteiger partial charge >= 0.3 is 0 Å². The van der Waals surface area contributed by atoms with E-state index in [0.29, 0.717) is 0 Å². The molecule has 0 amide bonds. The van der Waals surface area contributed by atoms with Gasteiger partial charge in [0.15, 0.2) is 14.9 Å². The maximum Gasteiger partial charge on any atom is 0.221 e. The molecule has 0 radical (unpaired) electrons. The van der Waals surface area contributed by atoms with Gasteiger partial charge in [0, 0.05) is 18.0 Å². The fourth-order valence-corrected chi connectivity index (χ4v) is 1.69. The molecule has 72 valence electrons. The van der Waals surface area contributed by atoms with Crippen LogP contribution in [-0.2, 0) is 16.4 Å². The molecule has 0 aliphatic rings. The van der Waals surface area contributed by atoms with Gasteiger partial charge in [-0.2, -0.15) is 0 Å². The van der Waals surface area contributed by atoms with Crippen LogP contribution in [0.25, 0.3) is 0 Å². The van der Waals surface area contributed by atoms with E-state index in [1.807, 2.05) is 0 Å². The topological polar surface area (TPSA) is 106 Å². The molecule has 1 rings (SSSR count). The Hall–Kier alpha value is -1.21. The fourth-order valence-electron chi connectivity index (χ4n) is 0.833. The maximum absolute atomic E-state index is 11.1. The van der Waals surface area contributed by atoms with Crippen LogP contribution >= 0.6 is 0 Å². The summed E-state index contributed by atoms with van der Waals surface area (Å²) in [7, 11) is -3.46. The van der Waals surface area contributed by atoms with Crippen molar-refractivity contribution in [3.05, 3.63) is 11.8 Å². The molecule has 0 atom stereocenters. The van der Waals surface area contributed by atoms with Crippen LogP contribution in [0.1, 0.15) is 5.56 Å². The van der Waals surface area contributed by atoms with Crippen LogP contribution in [0.4, 0.5) is 5.95 Å². The highest BCUT2D eigenvalue weighted by Gasteiger charge is 2.15. The molecule has 0 aliphatic carbocycles. The number of nitrogens with two attached hydrogens (primary N) is 1. The van der Waals surface area contributed by atoms with E-state index in [0.717, 1.165) is 6.26 Å². The Morgan fingerprint density at radius 1 is 1.62 bits per heavy atom. The quantitative estimate of drug-likeness (QED) is 0.594. The minimum atomic E-state index is -3.46. The molecule has 0 aromatic carbocycles. The zero-order chi connectivity index (χ0) is 10.1. The van der Waals surface area contributed by atoms with E-state index in [2.05, 4.69) is 9.97 Å². The highest BCUT2D eigenvalue weighted by molar-refractivity contribution is 7.90. The van der Waals surface area contributed by atoms with E-state index in [-0.39, 0.29) is 16.5 Å². The van der Waals surface area contributed by atoms with Crippen LogP contribution in [0.15, 0.2) is 11.2 Å². The van der Waals surface area contributed by atoms with Crippen LogP contribution in [0.2, 0.25) is 0 Å². The summed E-state index contributed by atoms with van der Waals surface area (Å²) in [6.07, 6.45) is 2.19. The van der Waals surface area contributed by atoms with E-state index in [1.165, 1.54) is 6.20 Å². The van der Waals surface area contributed by atoms with Gasteiger partial charge in [-0.05, 0) is 0 Å². The van der Waals surface area contributed by atoms with Crippen LogP contribution in [0.5, 0.6) is 0 Å². The summed E-state index contributed by atoms with van der Waals surface area (Å²) in [4.78, 5) is 7.10. The Bertz CT molecular complexity index is 415. The molecule has 0 bridgehead atoms. The van der Waals surface area contributed by atoms with Crippen molar-refractivity contribution in [3.8, 4) is 0 Å². The smallest absolute Gasteiger partial charge is 0.221 e. The number of rotatable bonds is 2. The zero-order valence-corrected chi connectivity index (χ0v) is 7.74. The third-order valence-corrected chi connectivity index (χ3v) is 2.42. The van der Waals surface area contributed by atoms with Crippen LogP contribution in [-0.4, -0.2) is 29.7 Å². The number of sulfone groups is 1. The van der Waals surface area contributed by atoms with Gasteiger partial charge in [-0.25, -0.2) is 18.4 Å². The second-order valence-electron chi connectivity index (χ2n) is 2.49. The molecule has 0 spiro atoms. The van der Waals surface area contributed by atoms with Gasteiger partial charge in [0.05, 0.1) is 6.61 Å². The molecule has 13 heavy (non-hydrogen) atoms. The second-order valence-corrected chi connectivity index (χ2v) is 4.42. The number of hydrogen-bond acceptors (Lipinski definition) is 6. The summed E-state index contributed by atoms with van der Waals surface area (Å²) in [5, 5.41) is 8.57. The molecule has 0 fully saturated rings. The van der Waals surface area contributed by atoms with Crippen molar-refractivity contribution in [2.75, 3.05) is 12.0 Å². The van der Waals surface area contributed by atoms with Gasteiger partial charge in [-0.1, -0.05) is 0 Å². The first kappa shape index (κ1) is 9.87. The minimum absolute atomic E-state index is 0.127. The van der Waals surface area contributed by atoms with Crippen molar-refractivity contribution in [2.45, 2.75) is 11.6 Å². The van der Waals surface area contributed by atoms with Gasteiger partial charge in [0.2, 0.25) is 5.95 Å². The van der Waals surface area contributed by atoms with Crippen molar-refractivity contribution < 1.29 is 13.5 Å². The zero-order valence-electron chi connectivity index (χ0n) is 6.93. The summed E-state index contributed by atoms with van der Waals surface area (Å²) in [5.74, 6) is -0.127. The number of nitrogen functional groups attached to an aromatic ring is 1. The summed E-state index contributed by atoms with van der Waals surface area (Å²) in [6.45, 7) is -0.428. The molecule has 1 aromatic rings. The van der Waals surface area contributed by atoms with Crippen molar-refractivity contribution in [2.24, 2.45) is 0 Å². The fraction of sp³-hybridized carbons (Fsp3) is 0.333. The number of aliphatic hydroxyl groups is 1. The van der Waals surface area contributed by atoms with Gasteiger partial charge < -0.3 is 10.8 Å². The lowest BCUT2D eigenvalue weighted by atomic mass is 10.4. The van der Waals surface area contributed by atoms with E-state index in [4.69, 9.17) is 10.8 Å². The molecule has 0 unspecified atom stereocenters. The molecule has 3 N–H and O–H groups in total. The Morgan fingerprint density at radius 2 is 2.23 bits per heavy atom. The monoisotopic (exact) mass is 203 g/mol. The molecular weight excluding hydrogens is 194 g/mol. The van der Waals surface area contributed by atoms with Crippen molar-refractivity contribution in [1.29, 1.82) is 0 Å². The first-order valence-corrected chi connectivity index (χ1v) is 5.26. The number of anilines is 1. The predicted molar refractivity (Wildman–Crippen MR) is 45.5 cm³/mol. The Balaban J connectivity index is 3.41. The highest BCUT2D eigenvalue weighted by Crippen LogP contribution is 2.12. The summed E-state index contributed by atoms with van der Waals surface area (Å²) >= 11 is 0. The first-order chi connectivity index (χ1) is 5.95. The number of aliphatic hydroxyl groups excluding tert-OH is 1. The lowest BCUT2D eigenvalue weighted by Gasteiger charge is -2.03. The molecule has 0 aliphatic heterocycles. The standard InChI is InChI=1S/C6H9N3O3S/c1-13(11,12)5-4(3-10)2-8-6(7)9-5/h2,10H,3H2,1H3,(H2,7,8,9). The van der Waals surface area contributed by atoms with Crippen LogP contribution in [0.3, 0.4) is 0 Å². The van der Waals surface area contributed by atoms with Crippen molar-refractivity contribution >= 4 is 15.8 Å². The molecule has 0 saturated heterocycles. The average Bonchev–Trinajstić information content (AvgIpc) is 2.03. The second kappa shape index (κ2) is 3.27. The SMILES string of the molecule is CS(=O)(=O)c1nc(N)ncc1CO. The van der Waals surface area contributed by atoms with Gasteiger partial charge in [-0.3, -0.25) is 0 Å². The van der Waals surface area contributed by atoms with E-state index in [1.54, 1.807) is 0 Å². The third kappa shape index (κ3) is 2.13. The van der Waals surface area contributed by atoms with Crippen LogP contribution < -0.4 is 5.73 Å². The van der Waals surface area contributed by atoms with E-state index >= 15 is 0 Å². The minimum Gasteiger partial charge on any atom is -0.392 e. The molecule has 1 aromatic heterocycles. The lowest BCUT2D eigenvalue weighted by Crippen LogP contribution is -2.09. The number of hydrogen-bond donors (Lipinski definition) is 2. The maximum atomic E-state index is 11.1. The molecule has 1 heterocycles. The van der Waals surface area contributed by atoms with Crippen molar-refractivity contribution in [1.82, 2.24) is 9.97 Å². The highest BCUT2D eigenvalue weighted by atomic mass is 32.2. The number of aromatic nitrogens is 2. The summed E-state index contributed by atoms with van der Waals surface area (Å²) < 4.78 is 22.2. The normalized spacial score (nSPS) is 11.5. The molecule has 6 nitrogen and oxygen atoms in total. The van der Waals surface area contributed by atoms with E-state index < -0.39 is 16.4 Å². The van der Waals surface area contributed by atoms with Gasteiger partial charge in [0.1, 0.15) is 0 Å². The van der Waals surface area contributed by atoms with Crippen molar-refractivity contribution in [3.63, 3.8) is 0 Å². The van der Waals surface area contributed by atoms with Crippen LogP contribution in [0, 0.1) is 0 Å². The van der Waals surface area contributed by atoms with E-state index in [9.17, 15) is 8.42 Å². The third-order valence-electron chi connectivity index (χ3n) is 1.37. The Kier molecular flexibility index (Phi) is 2.48. The summed E-state index contributed by atoms with van der Waals surface area (Å²) in [5.41, 5.74) is 5.36. The number of nitrogens with zero attached hydrogens (tertiary/aromatic N) is 2. The summed E-state index contributed by atoms with van der Waals surface area (Å²) in [6, 6.07) is 0. The predicted octanol–water partition coefficient (Wildman–Crippen LogP) is -1.05. The largest absolute Gasteiger partial charge is 0.392 e. The average molecular weight is 203 g/mol. The molecule has 0 saturated carbocycles. The molecular formula is C6H9N3O3S. The molecule has 7 heteroatoms. The Labute approximate surface area is 75.4 Å². The lowest BCUT2D eigenvalue weighted by molar-refractivity contribution is 0.277.